The highest BCUT2D eigenvalue weighted by Crippen LogP contribution is 2.22. The number of nitrogens with one attached hydrogen (secondary N) is 1. The number of amides is 2. The van der Waals surface area contributed by atoms with Crippen molar-refractivity contribution in [1.82, 2.24) is 15.1 Å². The van der Waals surface area contributed by atoms with Gasteiger partial charge >= 0.3 is 0 Å². The van der Waals surface area contributed by atoms with Crippen LogP contribution in [0.3, 0.4) is 0 Å². The number of carbonyl (C=O) groups excluding carboxylic acids is 2. The van der Waals surface area contributed by atoms with Crippen molar-refractivity contribution in [3.05, 3.63) is 0 Å². The summed E-state index contributed by atoms with van der Waals surface area (Å²) >= 11 is 1.66. The molecule has 0 aromatic carbocycles. The SMILES string of the molecule is CCCCC(=O)N1CSCC1C(=O)NCCN1CCOCC1. The Morgan fingerprint density at radius 1 is 1.32 bits per heavy atom. The van der Waals surface area contributed by atoms with E-state index in [1.165, 1.54) is 0 Å². The maximum absolute atomic E-state index is 12.3. The Hall–Kier alpha value is -0.790. The van der Waals surface area contributed by atoms with Crippen molar-refractivity contribution >= 4 is 23.6 Å². The fraction of sp³-hybridized carbons (Fsp3) is 0.867. The van der Waals surface area contributed by atoms with E-state index in [2.05, 4.69) is 17.1 Å². The largest absolute Gasteiger partial charge is 0.379 e. The molecule has 2 saturated heterocycles. The number of nitrogens with zero attached hydrogens (tertiary/aromatic N) is 2. The molecule has 2 fully saturated rings. The van der Waals surface area contributed by atoms with Gasteiger partial charge in [-0.2, -0.15) is 0 Å². The van der Waals surface area contributed by atoms with Crippen LogP contribution in [0.1, 0.15) is 26.2 Å². The Kier molecular flexibility index (Phi) is 7.48. The molecule has 7 heteroatoms. The van der Waals surface area contributed by atoms with Crippen LogP contribution >= 0.6 is 11.8 Å². The van der Waals surface area contributed by atoms with Gasteiger partial charge in [0.25, 0.3) is 0 Å². The molecule has 1 unspecified atom stereocenters. The van der Waals surface area contributed by atoms with Gasteiger partial charge in [0.05, 0.1) is 19.1 Å². The zero-order valence-corrected chi connectivity index (χ0v) is 14.2. The Labute approximate surface area is 136 Å². The van der Waals surface area contributed by atoms with E-state index in [9.17, 15) is 9.59 Å². The van der Waals surface area contributed by atoms with Gasteiger partial charge in [-0.1, -0.05) is 13.3 Å². The Morgan fingerprint density at radius 2 is 2.09 bits per heavy atom. The van der Waals surface area contributed by atoms with Crippen LogP contribution in [0.25, 0.3) is 0 Å². The quantitative estimate of drug-likeness (QED) is 0.738. The normalized spacial score (nSPS) is 22.8. The van der Waals surface area contributed by atoms with E-state index in [4.69, 9.17) is 4.74 Å². The topological polar surface area (TPSA) is 61.9 Å². The second-order valence-corrected chi connectivity index (χ2v) is 6.73. The van der Waals surface area contributed by atoms with Crippen molar-refractivity contribution in [2.24, 2.45) is 0 Å². The smallest absolute Gasteiger partial charge is 0.243 e. The lowest BCUT2D eigenvalue weighted by Gasteiger charge is -2.27. The second kappa shape index (κ2) is 9.37. The highest BCUT2D eigenvalue weighted by atomic mass is 32.2. The first kappa shape index (κ1) is 17.6. The van der Waals surface area contributed by atoms with Crippen LogP contribution < -0.4 is 5.32 Å². The lowest BCUT2D eigenvalue weighted by atomic mass is 10.2. The first-order valence-corrected chi connectivity index (χ1v) is 9.33. The van der Waals surface area contributed by atoms with Crippen molar-refractivity contribution in [1.29, 1.82) is 0 Å². The summed E-state index contributed by atoms with van der Waals surface area (Å²) in [5.41, 5.74) is 0. The maximum Gasteiger partial charge on any atom is 0.243 e. The number of hydrogen-bond acceptors (Lipinski definition) is 5. The maximum atomic E-state index is 12.3. The van der Waals surface area contributed by atoms with Gasteiger partial charge in [-0.25, -0.2) is 0 Å². The minimum Gasteiger partial charge on any atom is -0.379 e. The summed E-state index contributed by atoms with van der Waals surface area (Å²) in [5, 5.41) is 2.98. The average molecular weight is 329 g/mol. The van der Waals surface area contributed by atoms with Gasteiger partial charge in [0.1, 0.15) is 6.04 Å². The molecule has 2 heterocycles. The summed E-state index contributed by atoms with van der Waals surface area (Å²) in [4.78, 5) is 28.5. The summed E-state index contributed by atoms with van der Waals surface area (Å²) in [5.74, 6) is 1.45. The highest BCUT2D eigenvalue weighted by molar-refractivity contribution is 7.99. The second-order valence-electron chi connectivity index (χ2n) is 5.73. The lowest BCUT2D eigenvalue weighted by Crippen LogP contribution is -2.49. The molecule has 1 N–H and O–H groups in total. The van der Waals surface area contributed by atoms with Crippen molar-refractivity contribution < 1.29 is 14.3 Å². The molecule has 6 nitrogen and oxygen atoms in total. The molecule has 2 rings (SSSR count). The number of rotatable bonds is 7. The van der Waals surface area contributed by atoms with Crippen LogP contribution in [0.15, 0.2) is 0 Å². The van der Waals surface area contributed by atoms with E-state index >= 15 is 0 Å². The molecular weight excluding hydrogens is 302 g/mol. The van der Waals surface area contributed by atoms with Crippen LogP contribution in [-0.2, 0) is 14.3 Å². The predicted octanol–water partition coefficient (Wildman–Crippen LogP) is 0.527. The number of carbonyl (C=O) groups is 2. The fourth-order valence-electron chi connectivity index (χ4n) is 2.66. The number of morpholine rings is 1. The van der Waals surface area contributed by atoms with Crippen LogP contribution in [0.2, 0.25) is 0 Å². The van der Waals surface area contributed by atoms with Gasteiger partial charge in [-0.05, 0) is 6.42 Å². The van der Waals surface area contributed by atoms with E-state index in [0.717, 1.165) is 45.7 Å². The molecule has 0 saturated carbocycles. The van der Waals surface area contributed by atoms with Crippen molar-refractivity contribution in [2.45, 2.75) is 32.2 Å². The Bertz CT molecular complexity index is 375. The summed E-state index contributed by atoms with van der Waals surface area (Å²) in [6.07, 6.45) is 2.45. The van der Waals surface area contributed by atoms with Gasteiger partial charge < -0.3 is 15.0 Å². The molecule has 22 heavy (non-hydrogen) atoms. The third kappa shape index (κ3) is 5.14. The third-order valence-corrected chi connectivity index (χ3v) is 5.09. The van der Waals surface area contributed by atoms with Gasteiger partial charge in [0, 0.05) is 38.4 Å². The third-order valence-electron chi connectivity index (χ3n) is 4.08. The van der Waals surface area contributed by atoms with Crippen LogP contribution in [-0.4, -0.2) is 78.7 Å². The fourth-order valence-corrected chi connectivity index (χ4v) is 3.84. The molecule has 2 aliphatic heterocycles. The number of unbranched alkanes of at least 4 members (excludes halogenated alkanes) is 1. The van der Waals surface area contributed by atoms with E-state index in [0.29, 0.717) is 24.6 Å². The van der Waals surface area contributed by atoms with E-state index < -0.39 is 0 Å². The van der Waals surface area contributed by atoms with Gasteiger partial charge in [0.15, 0.2) is 0 Å². The summed E-state index contributed by atoms with van der Waals surface area (Å²) in [7, 11) is 0. The Balaban J connectivity index is 1.71. The number of thioether (sulfide) groups is 1. The lowest BCUT2D eigenvalue weighted by molar-refractivity contribution is -0.138. The van der Waals surface area contributed by atoms with E-state index in [1.54, 1.807) is 16.7 Å². The first-order chi connectivity index (χ1) is 10.7. The zero-order valence-electron chi connectivity index (χ0n) is 13.4. The van der Waals surface area contributed by atoms with E-state index in [1.807, 2.05) is 0 Å². The summed E-state index contributed by atoms with van der Waals surface area (Å²) in [6.45, 7) is 6.95. The van der Waals surface area contributed by atoms with Crippen LogP contribution in [0, 0.1) is 0 Å². The molecule has 0 aromatic rings. The minimum absolute atomic E-state index is 0.0110. The molecule has 1 atom stereocenters. The minimum atomic E-state index is -0.293. The van der Waals surface area contributed by atoms with Gasteiger partial charge in [0.2, 0.25) is 11.8 Å². The zero-order chi connectivity index (χ0) is 15.8. The molecule has 0 spiro atoms. The molecule has 0 bridgehead atoms. The predicted molar refractivity (Wildman–Crippen MR) is 87.8 cm³/mol. The molecule has 2 aliphatic rings. The molecule has 0 aromatic heterocycles. The first-order valence-electron chi connectivity index (χ1n) is 8.17. The van der Waals surface area contributed by atoms with Crippen LogP contribution in [0.4, 0.5) is 0 Å². The molecule has 0 aliphatic carbocycles. The van der Waals surface area contributed by atoms with Gasteiger partial charge in [-0.15, -0.1) is 11.8 Å². The molecule has 126 valence electrons. The molecule has 2 amide bonds. The highest BCUT2D eigenvalue weighted by Gasteiger charge is 2.33. The van der Waals surface area contributed by atoms with Gasteiger partial charge in [-0.3, -0.25) is 14.5 Å². The molecular formula is C15H27N3O3S. The number of hydrogen-bond donors (Lipinski definition) is 1. The average Bonchev–Trinajstić information content (AvgIpc) is 3.03. The molecule has 0 radical (unpaired) electrons. The van der Waals surface area contributed by atoms with E-state index in [-0.39, 0.29) is 17.9 Å². The standard InChI is InChI=1S/C15H27N3O3S/c1-2-3-4-14(19)18-12-22-11-13(18)15(20)16-5-6-17-7-9-21-10-8-17/h13H,2-12H2,1H3,(H,16,20). The monoisotopic (exact) mass is 329 g/mol. The van der Waals surface area contributed by atoms with Crippen molar-refractivity contribution in [3.8, 4) is 0 Å². The summed E-state index contributed by atoms with van der Waals surface area (Å²) < 4.78 is 5.31. The van der Waals surface area contributed by atoms with Crippen molar-refractivity contribution in [2.75, 3.05) is 51.0 Å². The number of ether oxygens (including phenoxy) is 1. The van der Waals surface area contributed by atoms with Crippen LogP contribution in [0.5, 0.6) is 0 Å². The Morgan fingerprint density at radius 3 is 2.82 bits per heavy atom. The summed E-state index contributed by atoms with van der Waals surface area (Å²) in [6, 6.07) is -0.293. The van der Waals surface area contributed by atoms with Crippen molar-refractivity contribution in [3.63, 3.8) is 0 Å².